The Labute approximate surface area is 161 Å². The van der Waals surface area contributed by atoms with Gasteiger partial charge in [-0.25, -0.2) is 0 Å². The van der Waals surface area contributed by atoms with Gasteiger partial charge in [-0.05, 0) is 30.3 Å². The molecule has 0 amide bonds. The molecule has 1 atom stereocenters. The van der Waals surface area contributed by atoms with Gasteiger partial charge in [0.05, 0.1) is 23.1 Å². The molecule has 1 aromatic carbocycles. The molecule has 28 heavy (non-hydrogen) atoms. The summed E-state index contributed by atoms with van der Waals surface area (Å²) in [5, 5.41) is 20.4. The number of hydrogen-bond donors (Lipinski definition) is 3. The van der Waals surface area contributed by atoms with E-state index in [1.807, 2.05) is 0 Å². The van der Waals surface area contributed by atoms with Crippen LogP contribution in [0, 0.1) is 0 Å². The molecule has 0 saturated carbocycles. The lowest BCUT2D eigenvalue weighted by Crippen LogP contribution is -2.10. The average molecular weight is 407 g/mol. The first-order chi connectivity index (χ1) is 13.5. The first-order valence-corrected chi connectivity index (χ1v) is 8.45. The maximum Gasteiger partial charge on any atom is 0.387 e. The van der Waals surface area contributed by atoms with E-state index in [2.05, 4.69) is 25.2 Å². The third-order valence-electron chi connectivity index (χ3n) is 4.01. The molecule has 10 heteroatoms. The molecule has 144 valence electrons. The molecule has 0 aliphatic heterocycles. The lowest BCUT2D eigenvalue weighted by molar-refractivity contribution is -0.0494. The van der Waals surface area contributed by atoms with Gasteiger partial charge in [-0.2, -0.15) is 13.9 Å². The maximum absolute atomic E-state index is 12.7. The first kappa shape index (κ1) is 18.2. The van der Waals surface area contributed by atoms with Crippen molar-refractivity contribution in [2.24, 2.45) is 0 Å². The van der Waals surface area contributed by atoms with Gasteiger partial charge in [0.2, 0.25) is 0 Å². The Balaban J connectivity index is 1.68. The van der Waals surface area contributed by atoms with Crippen LogP contribution in [0.3, 0.4) is 0 Å². The molecule has 0 saturated heterocycles. The highest BCUT2D eigenvalue weighted by atomic mass is 35.5. The van der Waals surface area contributed by atoms with Crippen LogP contribution in [0.4, 0.5) is 14.5 Å². The molecule has 0 radical (unpaired) electrons. The second-order valence-electron chi connectivity index (χ2n) is 5.77. The van der Waals surface area contributed by atoms with E-state index in [0.29, 0.717) is 33.1 Å². The predicted octanol–water partition coefficient (Wildman–Crippen LogP) is 4.58. The van der Waals surface area contributed by atoms with Crippen molar-refractivity contribution in [3.05, 3.63) is 59.6 Å². The molecule has 0 aliphatic rings. The number of aliphatic hydroxyl groups excluding tert-OH is 1. The quantitative estimate of drug-likeness (QED) is 0.406. The van der Waals surface area contributed by atoms with Crippen molar-refractivity contribution in [1.82, 2.24) is 15.2 Å². The van der Waals surface area contributed by atoms with Crippen molar-refractivity contribution in [1.29, 1.82) is 0 Å². The number of aromatic amines is 1. The van der Waals surface area contributed by atoms with E-state index < -0.39 is 12.8 Å². The molecular weight excluding hydrogens is 394 g/mol. The zero-order valence-electron chi connectivity index (χ0n) is 14.1. The standard InChI is InChI=1S/C18H13ClF2N4O3/c19-9-3-4-13(28-18(20)21)10(6-9)15-12(7-23-25-15)24-17(26)11-8-27-14-2-1-5-22-16(11)14/h1-8,17-18,24,26H,(H,23,25). The van der Waals surface area contributed by atoms with Gasteiger partial charge in [0.1, 0.15) is 17.5 Å². The average Bonchev–Trinajstić information content (AvgIpc) is 3.29. The smallest absolute Gasteiger partial charge is 0.387 e. The number of fused-ring (bicyclic) bond motifs is 1. The minimum atomic E-state index is -3.01. The zero-order valence-corrected chi connectivity index (χ0v) is 14.8. The van der Waals surface area contributed by atoms with Gasteiger partial charge in [0.15, 0.2) is 11.8 Å². The normalized spacial score (nSPS) is 12.5. The Kier molecular flexibility index (Phi) is 4.84. The highest BCUT2D eigenvalue weighted by molar-refractivity contribution is 6.31. The van der Waals surface area contributed by atoms with E-state index >= 15 is 0 Å². The molecule has 3 aromatic heterocycles. The zero-order chi connectivity index (χ0) is 19.7. The Hall–Kier alpha value is -3.17. The molecule has 3 N–H and O–H groups in total. The van der Waals surface area contributed by atoms with E-state index in [1.54, 1.807) is 18.3 Å². The summed E-state index contributed by atoms with van der Waals surface area (Å²) in [6.07, 6.45) is 3.18. The number of nitrogens with one attached hydrogen (secondary N) is 2. The number of alkyl halides is 2. The van der Waals surface area contributed by atoms with Crippen LogP contribution in [0.2, 0.25) is 5.02 Å². The largest absolute Gasteiger partial charge is 0.462 e. The summed E-state index contributed by atoms with van der Waals surface area (Å²) in [5.74, 6) is -0.0865. The van der Waals surface area contributed by atoms with Gasteiger partial charge in [-0.3, -0.25) is 10.1 Å². The third kappa shape index (κ3) is 3.49. The van der Waals surface area contributed by atoms with Crippen molar-refractivity contribution in [3.63, 3.8) is 0 Å². The fourth-order valence-corrected chi connectivity index (χ4v) is 2.97. The summed E-state index contributed by atoms with van der Waals surface area (Å²) in [4.78, 5) is 4.19. The Morgan fingerprint density at radius 3 is 2.96 bits per heavy atom. The number of anilines is 1. The molecule has 0 fully saturated rings. The fourth-order valence-electron chi connectivity index (χ4n) is 2.80. The molecule has 7 nitrogen and oxygen atoms in total. The topological polar surface area (TPSA) is 96.2 Å². The minimum absolute atomic E-state index is 0.0865. The number of rotatable bonds is 6. The Bertz CT molecular complexity index is 1120. The second kappa shape index (κ2) is 7.45. The number of aromatic nitrogens is 3. The number of furan rings is 1. The lowest BCUT2D eigenvalue weighted by Gasteiger charge is -2.15. The second-order valence-corrected chi connectivity index (χ2v) is 6.20. The van der Waals surface area contributed by atoms with Crippen molar-refractivity contribution >= 4 is 28.4 Å². The Morgan fingerprint density at radius 2 is 2.14 bits per heavy atom. The molecule has 3 heterocycles. The molecule has 0 bridgehead atoms. The van der Waals surface area contributed by atoms with E-state index in [1.165, 1.54) is 30.7 Å². The van der Waals surface area contributed by atoms with Crippen LogP contribution in [0.25, 0.3) is 22.4 Å². The van der Waals surface area contributed by atoms with Crippen LogP contribution in [-0.2, 0) is 0 Å². The van der Waals surface area contributed by atoms with Crippen molar-refractivity contribution in [3.8, 4) is 17.0 Å². The summed E-state index contributed by atoms with van der Waals surface area (Å²) in [6.45, 7) is -3.01. The number of H-pyrrole nitrogens is 1. The van der Waals surface area contributed by atoms with Gasteiger partial charge in [0, 0.05) is 16.8 Å². The monoisotopic (exact) mass is 406 g/mol. The first-order valence-electron chi connectivity index (χ1n) is 8.07. The van der Waals surface area contributed by atoms with Crippen LogP contribution in [0.5, 0.6) is 5.75 Å². The van der Waals surface area contributed by atoms with Crippen molar-refractivity contribution in [2.75, 3.05) is 5.32 Å². The fraction of sp³-hybridized carbons (Fsp3) is 0.111. The van der Waals surface area contributed by atoms with Gasteiger partial charge in [0.25, 0.3) is 0 Å². The van der Waals surface area contributed by atoms with Crippen LogP contribution in [0.15, 0.2) is 53.4 Å². The summed E-state index contributed by atoms with van der Waals surface area (Å²) in [7, 11) is 0. The van der Waals surface area contributed by atoms with Gasteiger partial charge < -0.3 is 19.6 Å². The molecule has 4 rings (SSSR count). The Morgan fingerprint density at radius 1 is 1.29 bits per heavy atom. The lowest BCUT2D eigenvalue weighted by atomic mass is 10.1. The molecule has 1 unspecified atom stereocenters. The van der Waals surface area contributed by atoms with Crippen LogP contribution in [0.1, 0.15) is 11.8 Å². The molecule has 0 aliphatic carbocycles. The van der Waals surface area contributed by atoms with Crippen LogP contribution >= 0.6 is 11.6 Å². The number of hydrogen-bond acceptors (Lipinski definition) is 6. The number of benzene rings is 1. The summed E-state index contributed by atoms with van der Waals surface area (Å²) in [6, 6.07) is 7.66. The minimum Gasteiger partial charge on any atom is -0.462 e. The highest BCUT2D eigenvalue weighted by Crippen LogP contribution is 2.37. The number of pyridine rings is 1. The molecule has 0 spiro atoms. The van der Waals surface area contributed by atoms with E-state index in [4.69, 9.17) is 16.0 Å². The van der Waals surface area contributed by atoms with E-state index in [-0.39, 0.29) is 11.3 Å². The predicted molar refractivity (Wildman–Crippen MR) is 98.3 cm³/mol. The number of nitrogens with zero attached hydrogens (tertiary/aromatic N) is 2. The van der Waals surface area contributed by atoms with E-state index in [0.717, 1.165) is 0 Å². The highest BCUT2D eigenvalue weighted by Gasteiger charge is 2.20. The van der Waals surface area contributed by atoms with Crippen LogP contribution < -0.4 is 10.1 Å². The van der Waals surface area contributed by atoms with E-state index in [9.17, 15) is 13.9 Å². The number of ether oxygens (including phenoxy) is 1. The van der Waals surface area contributed by atoms with Crippen molar-refractivity contribution in [2.45, 2.75) is 12.8 Å². The molecule has 4 aromatic rings. The maximum atomic E-state index is 12.7. The summed E-state index contributed by atoms with van der Waals surface area (Å²) in [5.41, 5.74) is 2.36. The SMILES string of the molecule is OC(Nc1cn[nH]c1-c1cc(Cl)ccc1OC(F)F)c1coc2cccnc12. The van der Waals surface area contributed by atoms with Gasteiger partial charge in [-0.1, -0.05) is 11.6 Å². The summed E-state index contributed by atoms with van der Waals surface area (Å²) >= 11 is 6.01. The third-order valence-corrected chi connectivity index (χ3v) is 4.25. The number of halogens is 3. The van der Waals surface area contributed by atoms with Gasteiger partial charge >= 0.3 is 6.61 Å². The van der Waals surface area contributed by atoms with Crippen molar-refractivity contribution < 1.29 is 23.0 Å². The van der Waals surface area contributed by atoms with Gasteiger partial charge in [-0.15, -0.1) is 0 Å². The number of aliphatic hydroxyl groups is 1. The summed E-state index contributed by atoms with van der Waals surface area (Å²) < 4.78 is 35.4. The van der Waals surface area contributed by atoms with Crippen LogP contribution in [-0.4, -0.2) is 26.9 Å². The molecular formula is C18H13ClF2N4O3.